The molecule has 2 heterocycles. The van der Waals surface area contributed by atoms with Crippen LogP contribution in [-0.2, 0) is 0 Å². The summed E-state index contributed by atoms with van der Waals surface area (Å²) in [5, 5.41) is 7.84. The predicted octanol–water partition coefficient (Wildman–Crippen LogP) is 0.517. The smallest absolute Gasteiger partial charge is 0.165 e. The lowest BCUT2D eigenvalue weighted by atomic mass is 10.1. The Balaban J connectivity index is 2.04. The molecule has 1 aliphatic rings. The molecule has 0 amide bonds. The average Bonchev–Trinajstić information content (AvgIpc) is 2.65. The van der Waals surface area contributed by atoms with Crippen LogP contribution in [0.5, 0.6) is 0 Å². The highest BCUT2D eigenvalue weighted by molar-refractivity contribution is 5.20. The van der Waals surface area contributed by atoms with Gasteiger partial charge in [0.25, 0.3) is 0 Å². The molecule has 78 valence electrons. The first kappa shape index (κ1) is 9.45. The number of likely N-dealkylation sites (N-methyl/N-ethyl adjacent to an activating group) is 1. The number of likely N-dealkylation sites (tertiary alicyclic amines) is 1. The van der Waals surface area contributed by atoms with Crippen molar-refractivity contribution >= 4 is 5.82 Å². The number of hydrogen-bond donors (Lipinski definition) is 1. The number of rotatable bonds is 2. The molecule has 0 bridgehead atoms. The van der Waals surface area contributed by atoms with E-state index in [2.05, 4.69) is 22.1 Å². The van der Waals surface area contributed by atoms with Gasteiger partial charge in [0.1, 0.15) is 0 Å². The maximum Gasteiger partial charge on any atom is 0.165 e. The van der Waals surface area contributed by atoms with Crippen molar-refractivity contribution in [1.82, 2.24) is 19.9 Å². The largest absolute Gasteiger partial charge is 0.381 e. The van der Waals surface area contributed by atoms with E-state index in [1.54, 1.807) is 0 Å². The highest BCUT2D eigenvalue weighted by Gasteiger charge is 2.20. The Morgan fingerprint density at radius 2 is 2.50 bits per heavy atom. The second kappa shape index (κ2) is 3.96. The van der Waals surface area contributed by atoms with Gasteiger partial charge in [0.05, 0.1) is 12.2 Å². The summed E-state index contributed by atoms with van der Waals surface area (Å²) in [6.45, 7) is 5.58. The number of aromatic nitrogens is 3. The first-order valence-corrected chi connectivity index (χ1v) is 5.19. The van der Waals surface area contributed by atoms with Crippen LogP contribution in [-0.4, -0.2) is 39.5 Å². The fraction of sp³-hybridized carbons (Fsp3) is 0.778. The van der Waals surface area contributed by atoms with Crippen molar-refractivity contribution in [1.29, 1.82) is 0 Å². The summed E-state index contributed by atoms with van der Waals surface area (Å²) in [5.41, 5.74) is 5.54. The van der Waals surface area contributed by atoms with Crippen LogP contribution in [0.3, 0.4) is 0 Å². The van der Waals surface area contributed by atoms with Crippen LogP contribution in [0.4, 0.5) is 5.82 Å². The molecule has 0 saturated carbocycles. The van der Waals surface area contributed by atoms with Crippen LogP contribution in [0.25, 0.3) is 0 Å². The minimum atomic E-state index is 0.452. The second-order valence-corrected chi connectivity index (χ2v) is 3.81. The molecule has 0 aromatic carbocycles. The van der Waals surface area contributed by atoms with Crippen molar-refractivity contribution < 1.29 is 0 Å². The Morgan fingerprint density at radius 3 is 3.14 bits per heavy atom. The summed E-state index contributed by atoms with van der Waals surface area (Å²) in [7, 11) is 0. The van der Waals surface area contributed by atoms with Gasteiger partial charge in [-0.15, -0.1) is 5.10 Å². The molecule has 1 aromatic rings. The van der Waals surface area contributed by atoms with Gasteiger partial charge in [-0.2, -0.15) is 0 Å². The van der Waals surface area contributed by atoms with Crippen molar-refractivity contribution in [3.8, 4) is 0 Å². The molecule has 0 aliphatic carbocycles. The molecule has 1 saturated heterocycles. The zero-order valence-electron chi connectivity index (χ0n) is 8.56. The number of hydrogen-bond acceptors (Lipinski definition) is 4. The lowest BCUT2D eigenvalue weighted by Gasteiger charge is -2.31. The third-order valence-corrected chi connectivity index (χ3v) is 2.83. The molecule has 5 heteroatoms. The van der Waals surface area contributed by atoms with E-state index in [1.807, 2.05) is 10.9 Å². The van der Waals surface area contributed by atoms with Crippen molar-refractivity contribution in [2.24, 2.45) is 0 Å². The molecular formula is C9H17N5. The zero-order chi connectivity index (χ0) is 9.97. The van der Waals surface area contributed by atoms with Gasteiger partial charge in [-0.25, -0.2) is 4.68 Å². The first-order chi connectivity index (χ1) is 6.79. The summed E-state index contributed by atoms with van der Waals surface area (Å²) in [5.74, 6) is 0.513. The minimum absolute atomic E-state index is 0.452. The van der Waals surface area contributed by atoms with E-state index in [0.717, 1.165) is 13.1 Å². The Bertz CT molecular complexity index is 295. The van der Waals surface area contributed by atoms with Crippen LogP contribution in [0.2, 0.25) is 0 Å². The number of anilines is 1. The molecule has 1 fully saturated rings. The standard InChI is InChI=1S/C9H17N5/c1-2-13-5-3-4-8(6-13)14-7-9(10)11-12-14/h7-8H,2-6,10H2,1H3/t8-/m0/s1. The quantitative estimate of drug-likeness (QED) is 0.747. The second-order valence-electron chi connectivity index (χ2n) is 3.81. The van der Waals surface area contributed by atoms with Crippen molar-refractivity contribution in [2.45, 2.75) is 25.8 Å². The van der Waals surface area contributed by atoms with E-state index in [4.69, 9.17) is 5.73 Å². The Kier molecular flexibility index (Phi) is 2.67. The molecule has 14 heavy (non-hydrogen) atoms. The molecule has 0 radical (unpaired) electrons. The molecule has 1 aromatic heterocycles. The summed E-state index contributed by atoms with van der Waals surface area (Å²) in [6.07, 6.45) is 4.24. The maximum atomic E-state index is 5.54. The first-order valence-electron chi connectivity index (χ1n) is 5.19. The summed E-state index contributed by atoms with van der Waals surface area (Å²) in [6, 6.07) is 0.452. The Labute approximate surface area is 83.9 Å². The van der Waals surface area contributed by atoms with E-state index in [1.165, 1.54) is 19.4 Å². The molecule has 0 unspecified atom stereocenters. The number of nitrogens with two attached hydrogens (primary N) is 1. The van der Waals surface area contributed by atoms with Crippen molar-refractivity contribution in [3.05, 3.63) is 6.20 Å². The van der Waals surface area contributed by atoms with Gasteiger partial charge < -0.3 is 10.6 Å². The van der Waals surface area contributed by atoms with Crippen LogP contribution in [0, 0.1) is 0 Å². The Hall–Kier alpha value is -1.10. The average molecular weight is 195 g/mol. The SMILES string of the molecule is CCN1CCC[C@H](n2cc(N)nn2)C1. The fourth-order valence-corrected chi connectivity index (χ4v) is 2.00. The van der Waals surface area contributed by atoms with Crippen molar-refractivity contribution in [3.63, 3.8) is 0 Å². The van der Waals surface area contributed by atoms with Gasteiger partial charge in [-0.3, -0.25) is 0 Å². The normalized spacial score (nSPS) is 23.9. The van der Waals surface area contributed by atoms with Gasteiger partial charge in [0.2, 0.25) is 0 Å². The van der Waals surface area contributed by atoms with Crippen molar-refractivity contribution in [2.75, 3.05) is 25.4 Å². The summed E-state index contributed by atoms with van der Waals surface area (Å²) in [4.78, 5) is 2.44. The van der Waals surface area contributed by atoms with Gasteiger partial charge in [-0.05, 0) is 25.9 Å². The molecule has 2 N–H and O–H groups in total. The highest BCUT2D eigenvalue weighted by atomic mass is 15.5. The summed E-state index contributed by atoms with van der Waals surface area (Å²) >= 11 is 0. The van der Waals surface area contributed by atoms with Crippen LogP contribution < -0.4 is 5.73 Å². The molecule has 1 aliphatic heterocycles. The highest BCUT2D eigenvalue weighted by Crippen LogP contribution is 2.20. The van der Waals surface area contributed by atoms with Crippen LogP contribution in [0.1, 0.15) is 25.8 Å². The van der Waals surface area contributed by atoms with E-state index in [0.29, 0.717) is 11.9 Å². The third-order valence-electron chi connectivity index (χ3n) is 2.83. The third kappa shape index (κ3) is 1.87. The minimum Gasteiger partial charge on any atom is -0.381 e. The van der Waals surface area contributed by atoms with E-state index < -0.39 is 0 Å². The van der Waals surface area contributed by atoms with Crippen LogP contribution >= 0.6 is 0 Å². The van der Waals surface area contributed by atoms with Gasteiger partial charge in [-0.1, -0.05) is 12.1 Å². The van der Waals surface area contributed by atoms with Gasteiger partial charge >= 0.3 is 0 Å². The fourth-order valence-electron chi connectivity index (χ4n) is 2.00. The molecule has 0 spiro atoms. The zero-order valence-corrected chi connectivity index (χ0v) is 8.56. The molecule has 2 rings (SSSR count). The number of nitrogen functional groups attached to an aromatic ring is 1. The summed E-state index contributed by atoms with van der Waals surface area (Å²) < 4.78 is 1.90. The topological polar surface area (TPSA) is 60.0 Å². The van der Waals surface area contributed by atoms with Gasteiger partial charge in [0, 0.05) is 6.54 Å². The monoisotopic (exact) mass is 195 g/mol. The van der Waals surface area contributed by atoms with E-state index >= 15 is 0 Å². The molecule has 5 nitrogen and oxygen atoms in total. The Morgan fingerprint density at radius 1 is 1.64 bits per heavy atom. The number of piperidine rings is 1. The predicted molar refractivity (Wildman–Crippen MR) is 54.8 cm³/mol. The van der Waals surface area contributed by atoms with E-state index in [-0.39, 0.29) is 0 Å². The van der Waals surface area contributed by atoms with E-state index in [9.17, 15) is 0 Å². The molecular weight excluding hydrogens is 178 g/mol. The van der Waals surface area contributed by atoms with Gasteiger partial charge in [0.15, 0.2) is 5.82 Å². The lowest BCUT2D eigenvalue weighted by Crippen LogP contribution is -2.36. The lowest BCUT2D eigenvalue weighted by molar-refractivity contribution is 0.176. The van der Waals surface area contributed by atoms with Crippen LogP contribution in [0.15, 0.2) is 6.20 Å². The number of nitrogens with zero attached hydrogens (tertiary/aromatic N) is 4. The molecule has 1 atom stereocenters. The maximum absolute atomic E-state index is 5.54.